The molecule has 0 spiro atoms. The second kappa shape index (κ2) is 8.72. The van der Waals surface area contributed by atoms with E-state index in [1.165, 1.54) is 5.56 Å². The number of hydrogen-bond donors (Lipinski definition) is 2. The predicted octanol–water partition coefficient (Wildman–Crippen LogP) is 3.64. The Labute approximate surface area is 130 Å². The number of ether oxygens (including phenoxy) is 1. The normalized spacial score (nSPS) is 10.2. The van der Waals surface area contributed by atoms with Gasteiger partial charge in [0, 0.05) is 6.54 Å². The van der Waals surface area contributed by atoms with Crippen molar-refractivity contribution in [2.45, 2.75) is 25.8 Å². The Balaban J connectivity index is 1.54. The van der Waals surface area contributed by atoms with Gasteiger partial charge in [-0.1, -0.05) is 42.5 Å². The third kappa shape index (κ3) is 5.87. The lowest BCUT2D eigenvalue weighted by molar-refractivity contribution is 0.143. The SMILES string of the molecule is O=C(NCc1ccccc1)OCCCCc1ccc(O)cc1. The van der Waals surface area contributed by atoms with E-state index in [0.29, 0.717) is 13.2 Å². The summed E-state index contributed by atoms with van der Waals surface area (Å²) in [5.74, 6) is 0.280. The number of hydrogen-bond acceptors (Lipinski definition) is 3. The Kier molecular flexibility index (Phi) is 6.30. The van der Waals surface area contributed by atoms with Gasteiger partial charge in [0.1, 0.15) is 5.75 Å². The van der Waals surface area contributed by atoms with Gasteiger partial charge in [-0.15, -0.1) is 0 Å². The molecule has 0 radical (unpaired) electrons. The summed E-state index contributed by atoms with van der Waals surface area (Å²) in [6.45, 7) is 0.895. The first kappa shape index (κ1) is 15.9. The molecule has 0 saturated carbocycles. The molecule has 0 atom stereocenters. The number of amides is 1. The van der Waals surface area contributed by atoms with Crippen LogP contribution < -0.4 is 5.32 Å². The van der Waals surface area contributed by atoms with Gasteiger partial charge in [-0.05, 0) is 42.5 Å². The van der Waals surface area contributed by atoms with Gasteiger partial charge in [0.25, 0.3) is 0 Å². The fourth-order valence-electron chi connectivity index (χ4n) is 2.08. The van der Waals surface area contributed by atoms with E-state index in [1.807, 2.05) is 42.5 Å². The zero-order chi connectivity index (χ0) is 15.6. The number of benzene rings is 2. The molecule has 0 aliphatic heterocycles. The van der Waals surface area contributed by atoms with Crippen LogP contribution in [0, 0.1) is 0 Å². The van der Waals surface area contributed by atoms with Crippen LogP contribution in [0.2, 0.25) is 0 Å². The highest BCUT2D eigenvalue weighted by molar-refractivity contribution is 5.67. The second-order valence-corrected chi connectivity index (χ2v) is 5.10. The van der Waals surface area contributed by atoms with E-state index < -0.39 is 0 Å². The number of carbonyl (C=O) groups is 1. The Morgan fingerprint density at radius 1 is 0.955 bits per heavy atom. The number of phenolic OH excluding ortho intramolecular Hbond substituents is 1. The summed E-state index contributed by atoms with van der Waals surface area (Å²) in [6, 6.07) is 16.9. The van der Waals surface area contributed by atoms with Crippen LogP contribution in [0.25, 0.3) is 0 Å². The van der Waals surface area contributed by atoms with Crippen molar-refractivity contribution in [3.63, 3.8) is 0 Å². The summed E-state index contributed by atoms with van der Waals surface area (Å²) in [5.41, 5.74) is 2.22. The summed E-state index contributed by atoms with van der Waals surface area (Å²) < 4.78 is 5.13. The highest BCUT2D eigenvalue weighted by Crippen LogP contribution is 2.11. The molecule has 0 saturated heterocycles. The number of alkyl carbamates (subject to hydrolysis) is 1. The third-order valence-electron chi connectivity index (χ3n) is 3.31. The van der Waals surface area contributed by atoms with Crippen molar-refractivity contribution >= 4 is 6.09 Å². The van der Waals surface area contributed by atoms with Gasteiger partial charge in [-0.2, -0.15) is 0 Å². The average Bonchev–Trinajstić information content (AvgIpc) is 2.55. The van der Waals surface area contributed by atoms with Crippen molar-refractivity contribution in [3.8, 4) is 5.75 Å². The summed E-state index contributed by atoms with van der Waals surface area (Å²) >= 11 is 0. The number of phenols is 1. The van der Waals surface area contributed by atoms with Crippen LogP contribution in [0.5, 0.6) is 5.75 Å². The lowest BCUT2D eigenvalue weighted by Gasteiger charge is -2.07. The molecule has 22 heavy (non-hydrogen) atoms. The van der Waals surface area contributed by atoms with Crippen LogP contribution in [0.15, 0.2) is 54.6 Å². The lowest BCUT2D eigenvalue weighted by Crippen LogP contribution is -2.24. The van der Waals surface area contributed by atoms with Gasteiger partial charge in [-0.3, -0.25) is 0 Å². The topological polar surface area (TPSA) is 58.6 Å². The molecule has 0 aromatic heterocycles. The van der Waals surface area contributed by atoms with Gasteiger partial charge >= 0.3 is 6.09 Å². The number of carbonyl (C=O) groups excluding carboxylic acids is 1. The number of unbranched alkanes of at least 4 members (excludes halogenated alkanes) is 1. The molecule has 1 amide bonds. The summed E-state index contributed by atoms with van der Waals surface area (Å²) in [7, 11) is 0. The smallest absolute Gasteiger partial charge is 0.407 e. The number of aryl methyl sites for hydroxylation is 1. The van der Waals surface area contributed by atoms with Gasteiger partial charge in [0.2, 0.25) is 0 Å². The van der Waals surface area contributed by atoms with Crippen LogP contribution in [-0.4, -0.2) is 17.8 Å². The monoisotopic (exact) mass is 299 g/mol. The van der Waals surface area contributed by atoms with Crippen LogP contribution >= 0.6 is 0 Å². The minimum absolute atomic E-state index is 0.280. The lowest BCUT2D eigenvalue weighted by atomic mass is 10.1. The largest absolute Gasteiger partial charge is 0.508 e. The Morgan fingerprint density at radius 3 is 2.41 bits per heavy atom. The van der Waals surface area contributed by atoms with E-state index in [1.54, 1.807) is 12.1 Å². The van der Waals surface area contributed by atoms with Gasteiger partial charge in [-0.25, -0.2) is 4.79 Å². The first-order valence-corrected chi connectivity index (χ1v) is 7.46. The molecule has 0 fully saturated rings. The molecule has 2 N–H and O–H groups in total. The first-order chi connectivity index (χ1) is 10.7. The minimum atomic E-state index is -0.381. The highest BCUT2D eigenvalue weighted by atomic mass is 16.5. The standard InChI is InChI=1S/C18H21NO3/c20-17-11-9-15(10-12-17)6-4-5-13-22-18(21)19-14-16-7-2-1-3-8-16/h1-3,7-12,20H,4-6,13-14H2,(H,19,21). The zero-order valence-corrected chi connectivity index (χ0v) is 12.5. The van der Waals surface area contributed by atoms with Crippen molar-refractivity contribution in [2.75, 3.05) is 6.61 Å². The fourth-order valence-corrected chi connectivity index (χ4v) is 2.08. The molecule has 2 aromatic rings. The van der Waals surface area contributed by atoms with Gasteiger partial charge < -0.3 is 15.2 Å². The summed E-state index contributed by atoms with van der Waals surface area (Å²) in [4.78, 5) is 11.5. The molecule has 116 valence electrons. The van der Waals surface area contributed by atoms with E-state index in [2.05, 4.69) is 5.32 Å². The number of aromatic hydroxyl groups is 1. The van der Waals surface area contributed by atoms with Crippen molar-refractivity contribution < 1.29 is 14.6 Å². The molecule has 2 aromatic carbocycles. The molecule has 0 aliphatic rings. The molecule has 0 heterocycles. The number of rotatable bonds is 7. The Hall–Kier alpha value is -2.49. The van der Waals surface area contributed by atoms with E-state index in [4.69, 9.17) is 4.74 Å². The fraction of sp³-hybridized carbons (Fsp3) is 0.278. The highest BCUT2D eigenvalue weighted by Gasteiger charge is 2.01. The van der Waals surface area contributed by atoms with Crippen LogP contribution in [0.1, 0.15) is 24.0 Å². The van der Waals surface area contributed by atoms with E-state index in [0.717, 1.165) is 24.8 Å². The maximum atomic E-state index is 11.5. The molecule has 0 aliphatic carbocycles. The number of nitrogens with one attached hydrogen (secondary N) is 1. The van der Waals surface area contributed by atoms with Gasteiger partial charge in [0.05, 0.1) is 6.61 Å². The quantitative estimate of drug-likeness (QED) is 0.767. The molecule has 4 heteroatoms. The predicted molar refractivity (Wildman–Crippen MR) is 85.7 cm³/mol. The van der Waals surface area contributed by atoms with Crippen molar-refractivity contribution in [2.24, 2.45) is 0 Å². The van der Waals surface area contributed by atoms with Crippen molar-refractivity contribution in [1.82, 2.24) is 5.32 Å². The minimum Gasteiger partial charge on any atom is -0.508 e. The molecule has 0 unspecified atom stereocenters. The molecule has 0 bridgehead atoms. The van der Waals surface area contributed by atoms with E-state index in [9.17, 15) is 9.90 Å². The molecular formula is C18H21NO3. The third-order valence-corrected chi connectivity index (χ3v) is 3.31. The van der Waals surface area contributed by atoms with E-state index in [-0.39, 0.29) is 11.8 Å². The van der Waals surface area contributed by atoms with Crippen LogP contribution in [-0.2, 0) is 17.7 Å². The Bertz CT molecular complexity index is 567. The van der Waals surface area contributed by atoms with E-state index >= 15 is 0 Å². The average molecular weight is 299 g/mol. The van der Waals surface area contributed by atoms with Gasteiger partial charge in [0.15, 0.2) is 0 Å². The zero-order valence-electron chi connectivity index (χ0n) is 12.5. The Morgan fingerprint density at radius 2 is 1.68 bits per heavy atom. The summed E-state index contributed by atoms with van der Waals surface area (Å²) in [5, 5.41) is 11.9. The first-order valence-electron chi connectivity index (χ1n) is 7.46. The summed E-state index contributed by atoms with van der Waals surface area (Å²) in [6.07, 6.45) is 2.29. The van der Waals surface area contributed by atoms with Crippen molar-refractivity contribution in [1.29, 1.82) is 0 Å². The molecule has 4 nitrogen and oxygen atoms in total. The maximum absolute atomic E-state index is 11.5. The second-order valence-electron chi connectivity index (χ2n) is 5.10. The molecular weight excluding hydrogens is 278 g/mol. The van der Waals surface area contributed by atoms with Crippen LogP contribution in [0.3, 0.4) is 0 Å². The van der Waals surface area contributed by atoms with Crippen molar-refractivity contribution in [3.05, 3.63) is 65.7 Å². The molecule has 2 rings (SSSR count). The maximum Gasteiger partial charge on any atom is 0.407 e. The van der Waals surface area contributed by atoms with Crippen LogP contribution in [0.4, 0.5) is 4.79 Å².